The van der Waals surface area contributed by atoms with Gasteiger partial charge in [0.1, 0.15) is 5.02 Å². The molecular weight excluding hydrogens is 500 g/mol. The van der Waals surface area contributed by atoms with Crippen LogP contribution in [0.1, 0.15) is 50.3 Å². The highest BCUT2D eigenvalue weighted by molar-refractivity contribution is 8.00. The van der Waals surface area contributed by atoms with E-state index >= 15 is 0 Å². The lowest BCUT2D eigenvalue weighted by molar-refractivity contribution is 0.147. The Kier molecular flexibility index (Phi) is 8.55. The zero-order valence-electron chi connectivity index (χ0n) is 22.0. The first-order valence-electron chi connectivity index (χ1n) is 13.4. The van der Waals surface area contributed by atoms with Crippen LogP contribution in [-0.2, 0) is 19.4 Å². The lowest BCUT2D eigenvalue weighted by Gasteiger charge is -2.38. The van der Waals surface area contributed by atoms with Gasteiger partial charge in [-0.05, 0) is 73.7 Å². The minimum absolute atomic E-state index is 0.475. The van der Waals surface area contributed by atoms with E-state index in [2.05, 4.69) is 76.9 Å². The minimum Gasteiger partial charge on any atom is -0.338 e. The summed E-state index contributed by atoms with van der Waals surface area (Å²) in [7, 11) is 0. The molecule has 2 aliphatic heterocycles. The number of aromatic nitrogens is 2. The van der Waals surface area contributed by atoms with Crippen molar-refractivity contribution in [3.63, 3.8) is 0 Å². The van der Waals surface area contributed by atoms with Crippen LogP contribution in [0.5, 0.6) is 0 Å². The third-order valence-corrected chi connectivity index (χ3v) is 8.52. The molecule has 1 aromatic heterocycles. The Labute approximate surface area is 230 Å². The molecule has 8 heteroatoms. The standard InChI is InChI=1S/C29H37ClN6S/c1-4-20-15-21-11-14-36(23-9-12-31-13-10-23)18-22(21)16-26(20)34-29-32-17-24(30)28(35-29)33-25-7-5-6-8-27(25)37-19(2)3/h5-8,15-17,19,23,31H,4,9-14,18H2,1-3H3,(H2,32,33,34,35). The van der Waals surface area contributed by atoms with Crippen molar-refractivity contribution >= 4 is 46.5 Å². The van der Waals surface area contributed by atoms with Gasteiger partial charge in [0.25, 0.3) is 0 Å². The highest BCUT2D eigenvalue weighted by Crippen LogP contribution is 2.34. The lowest BCUT2D eigenvalue weighted by atomic mass is 9.92. The molecule has 2 aliphatic rings. The molecule has 3 heterocycles. The van der Waals surface area contributed by atoms with Crippen LogP contribution in [0.15, 0.2) is 47.5 Å². The Morgan fingerprint density at radius 2 is 1.92 bits per heavy atom. The van der Waals surface area contributed by atoms with Gasteiger partial charge in [-0.1, -0.05) is 50.6 Å². The molecule has 0 bridgehead atoms. The van der Waals surface area contributed by atoms with Gasteiger partial charge in [0.05, 0.1) is 11.9 Å². The Balaban J connectivity index is 1.37. The monoisotopic (exact) mass is 536 g/mol. The predicted octanol–water partition coefficient (Wildman–Crippen LogP) is 6.79. The van der Waals surface area contributed by atoms with Gasteiger partial charge in [-0.25, -0.2) is 4.98 Å². The molecular formula is C29H37ClN6S. The van der Waals surface area contributed by atoms with Crippen LogP contribution in [0.2, 0.25) is 5.02 Å². The van der Waals surface area contributed by atoms with Gasteiger partial charge in [0.15, 0.2) is 5.82 Å². The number of halogens is 1. The first-order chi connectivity index (χ1) is 18.0. The summed E-state index contributed by atoms with van der Waals surface area (Å²) in [6.07, 6.45) is 6.21. The van der Waals surface area contributed by atoms with E-state index in [-0.39, 0.29) is 0 Å². The number of benzene rings is 2. The fourth-order valence-corrected chi connectivity index (χ4v) is 6.31. The summed E-state index contributed by atoms with van der Waals surface area (Å²) >= 11 is 8.33. The molecule has 0 atom stereocenters. The van der Waals surface area contributed by atoms with Crippen molar-refractivity contribution in [1.29, 1.82) is 0 Å². The Morgan fingerprint density at radius 3 is 2.70 bits per heavy atom. The number of fused-ring (bicyclic) bond motifs is 1. The lowest BCUT2D eigenvalue weighted by Crippen LogP contribution is -2.45. The van der Waals surface area contributed by atoms with Crippen LogP contribution in [0.3, 0.4) is 0 Å². The maximum Gasteiger partial charge on any atom is 0.229 e. The van der Waals surface area contributed by atoms with Crippen molar-refractivity contribution in [3.05, 3.63) is 64.3 Å². The molecule has 1 saturated heterocycles. The summed E-state index contributed by atoms with van der Waals surface area (Å²) in [5.74, 6) is 1.14. The summed E-state index contributed by atoms with van der Waals surface area (Å²) in [4.78, 5) is 13.1. The third kappa shape index (κ3) is 6.40. The van der Waals surface area contributed by atoms with Crippen LogP contribution in [0, 0.1) is 0 Å². The van der Waals surface area contributed by atoms with E-state index in [4.69, 9.17) is 16.6 Å². The molecule has 0 saturated carbocycles. The number of hydrogen-bond acceptors (Lipinski definition) is 7. The molecule has 5 rings (SSSR count). The molecule has 0 aliphatic carbocycles. The molecule has 0 unspecified atom stereocenters. The van der Waals surface area contributed by atoms with Gasteiger partial charge in [0.2, 0.25) is 5.95 Å². The number of piperidine rings is 1. The highest BCUT2D eigenvalue weighted by atomic mass is 35.5. The number of nitrogens with one attached hydrogen (secondary N) is 3. The van der Waals surface area contributed by atoms with Gasteiger partial charge in [-0.2, -0.15) is 4.98 Å². The average Bonchev–Trinajstić information content (AvgIpc) is 2.91. The molecule has 0 amide bonds. The maximum atomic E-state index is 6.52. The first kappa shape index (κ1) is 26.3. The van der Waals surface area contributed by atoms with E-state index in [0.717, 1.165) is 50.4 Å². The van der Waals surface area contributed by atoms with Gasteiger partial charge >= 0.3 is 0 Å². The molecule has 1 fully saturated rings. The van der Waals surface area contributed by atoms with Gasteiger partial charge in [-0.15, -0.1) is 11.8 Å². The largest absolute Gasteiger partial charge is 0.338 e. The average molecular weight is 537 g/mol. The van der Waals surface area contributed by atoms with E-state index in [1.165, 1.54) is 34.4 Å². The van der Waals surface area contributed by atoms with Crippen molar-refractivity contribution in [3.8, 4) is 0 Å². The zero-order chi connectivity index (χ0) is 25.8. The normalized spacial score (nSPS) is 16.6. The van der Waals surface area contributed by atoms with Crippen molar-refractivity contribution < 1.29 is 0 Å². The predicted molar refractivity (Wildman–Crippen MR) is 157 cm³/mol. The highest BCUT2D eigenvalue weighted by Gasteiger charge is 2.25. The molecule has 2 aromatic carbocycles. The number of thioether (sulfide) groups is 1. The smallest absolute Gasteiger partial charge is 0.229 e. The van der Waals surface area contributed by atoms with Crippen molar-refractivity contribution in [2.24, 2.45) is 0 Å². The molecule has 0 spiro atoms. The van der Waals surface area contributed by atoms with Crippen LogP contribution in [0.4, 0.5) is 23.1 Å². The second kappa shape index (κ2) is 12.0. The van der Waals surface area contributed by atoms with Gasteiger partial charge in [-0.3, -0.25) is 4.90 Å². The number of nitrogens with zero attached hydrogens (tertiary/aromatic N) is 3. The van der Waals surface area contributed by atoms with E-state index in [0.29, 0.717) is 28.1 Å². The van der Waals surface area contributed by atoms with Gasteiger partial charge in [0, 0.05) is 35.0 Å². The number of aryl methyl sites for hydroxylation is 1. The SMILES string of the molecule is CCc1cc2c(cc1Nc1ncc(Cl)c(Nc3ccccc3SC(C)C)n1)CN(C1CCNCC1)CC2. The second-order valence-corrected chi connectivity index (χ2v) is 12.2. The van der Waals surface area contributed by atoms with Crippen LogP contribution < -0.4 is 16.0 Å². The van der Waals surface area contributed by atoms with Crippen molar-refractivity contribution in [2.75, 3.05) is 30.3 Å². The topological polar surface area (TPSA) is 65.1 Å². The van der Waals surface area contributed by atoms with E-state index in [1.807, 2.05) is 17.8 Å². The molecule has 3 aromatic rings. The van der Waals surface area contributed by atoms with Crippen molar-refractivity contribution in [1.82, 2.24) is 20.2 Å². The van der Waals surface area contributed by atoms with E-state index < -0.39 is 0 Å². The Bertz CT molecular complexity index is 1230. The maximum absolute atomic E-state index is 6.52. The fourth-order valence-electron chi connectivity index (χ4n) is 5.26. The number of anilines is 4. The summed E-state index contributed by atoms with van der Waals surface area (Å²) < 4.78 is 0. The van der Waals surface area contributed by atoms with E-state index in [9.17, 15) is 0 Å². The van der Waals surface area contributed by atoms with Crippen molar-refractivity contribution in [2.45, 2.75) is 69.2 Å². The fraction of sp³-hybridized carbons (Fsp3) is 0.448. The third-order valence-electron chi connectivity index (χ3n) is 7.17. The molecule has 0 radical (unpaired) electrons. The van der Waals surface area contributed by atoms with Crippen LogP contribution in [0.25, 0.3) is 0 Å². The molecule has 37 heavy (non-hydrogen) atoms. The van der Waals surface area contributed by atoms with Gasteiger partial charge < -0.3 is 16.0 Å². The zero-order valence-corrected chi connectivity index (χ0v) is 23.6. The molecule has 3 N–H and O–H groups in total. The second-order valence-electron chi connectivity index (χ2n) is 10.1. The molecule has 196 valence electrons. The number of hydrogen-bond donors (Lipinski definition) is 3. The summed E-state index contributed by atoms with van der Waals surface area (Å²) in [6, 6.07) is 13.6. The van der Waals surface area contributed by atoms with E-state index in [1.54, 1.807) is 6.20 Å². The summed E-state index contributed by atoms with van der Waals surface area (Å²) in [5.41, 5.74) is 6.26. The quantitative estimate of drug-likeness (QED) is 0.274. The summed E-state index contributed by atoms with van der Waals surface area (Å²) in [6.45, 7) is 11.0. The van der Waals surface area contributed by atoms with Crippen LogP contribution >= 0.6 is 23.4 Å². The Morgan fingerprint density at radius 1 is 1.11 bits per heavy atom. The first-order valence-corrected chi connectivity index (χ1v) is 14.7. The number of rotatable bonds is 8. The molecule has 6 nitrogen and oxygen atoms in total. The minimum atomic E-state index is 0.475. The Hall–Kier alpha value is -2.32. The number of para-hydroxylation sites is 1. The van der Waals surface area contributed by atoms with Crippen LogP contribution in [-0.4, -0.2) is 45.8 Å². The summed E-state index contributed by atoms with van der Waals surface area (Å²) in [5, 5.41) is 11.4.